The molecule has 0 aliphatic carbocycles. The monoisotopic (exact) mass is 426 g/mol. The molecule has 2 heterocycles. The lowest BCUT2D eigenvalue weighted by Gasteiger charge is -2.19. The van der Waals surface area contributed by atoms with E-state index in [1.54, 1.807) is 42.7 Å². The number of imide groups is 1. The number of fused-ring (bicyclic) bond motifs is 1. The van der Waals surface area contributed by atoms with Crippen LogP contribution in [0, 0.1) is 0 Å². The summed E-state index contributed by atoms with van der Waals surface area (Å²) in [6.45, 7) is 0. The van der Waals surface area contributed by atoms with Crippen molar-refractivity contribution in [1.29, 1.82) is 0 Å². The van der Waals surface area contributed by atoms with E-state index in [0.29, 0.717) is 39.1 Å². The van der Waals surface area contributed by atoms with E-state index in [-0.39, 0.29) is 5.82 Å². The molecule has 0 fully saturated rings. The Hall–Kier alpha value is -3.53. The van der Waals surface area contributed by atoms with Gasteiger partial charge in [-0.15, -0.1) is 10.2 Å². The lowest BCUT2D eigenvalue weighted by molar-refractivity contribution is 0.0882. The summed E-state index contributed by atoms with van der Waals surface area (Å²) in [7, 11) is 4.51. The Morgan fingerprint density at radius 3 is 1.90 bits per heavy atom. The van der Waals surface area contributed by atoms with E-state index in [1.165, 1.54) is 37.8 Å². The third kappa shape index (κ3) is 2.88. The highest BCUT2D eigenvalue weighted by Gasteiger charge is 2.39. The molecule has 2 amide bonds. The predicted octanol–water partition coefficient (Wildman–Crippen LogP) is 2.63. The number of hydrogen-bond acceptors (Lipinski definition) is 8. The van der Waals surface area contributed by atoms with Crippen LogP contribution in [-0.2, 0) is 0 Å². The second kappa shape index (κ2) is 7.71. The molecule has 0 saturated heterocycles. The zero-order valence-electron chi connectivity index (χ0n) is 16.7. The number of methoxy groups -OCH3 is 3. The third-order valence-corrected chi connectivity index (χ3v) is 5.31. The Morgan fingerprint density at radius 1 is 0.867 bits per heavy atom. The first kappa shape index (κ1) is 19.8. The maximum Gasteiger partial charge on any atom is 0.281 e. The molecule has 10 heteroatoms. The smallest absolute Gasteiger partial charge is 0.281 e. The van der Waals surface area contributed by atoms with Gasteiger partial charge in [-0.25, -0.2) is 0 Å². The summed E-state index contributed by atoms with van der Waals surface area (Å²) in [5, 5.41) is 9.82. The lowest BCUT2D eigenvalue weighted by atomic mass is 10.1. The fraction of sp³-hybridized carbons (Fsp3) is 0.200. The van der Waals surface area contributed by atoms with Crippen LogP contribution in [0.3, 0.4) is 0 Å². The van der Waals surface area contributed by atoms with Gasteiger partial charge < -0.3 is 14.2 Å². The summed E-state index contributed by atoms with van der Waals surface area (Å²) in [4.78, 5) is 26.1. The van der Waals surface area contributed by atoms with Crippen molar-refractivity contribution in [3.8, 4) is 28.6 Å². The van der Waals surface area contributed by atoms with Crippen LogP contribution < -0.4 is 19.2 Å². The molecule has 154 valence electrons. The van der Waals surface area contributed by atoms with Gasteiger partial charge in [0.05, 0.1) is 32.5 Å². The molecular weight excluding hydrogens is 408 g/mol. The zero-order chi connectivity index (χ0) is 21.4. The van der Waals surface area contributed by atoms with Crippen molar-refractivity contribution >= 4 is 23.6 Å². The standard InChI is InChI=1S/C20H18N4O5S/c1-27-14-9-11(10-15(28-2)16(14)29-3)17-21-22-20(30-4)23(17)24-18(25)12-7-5-6-8-13(12)19(24)26/h5-10H,1-4H3. The van der Waals surface area contributed by atoms with Crippen LogP contribution in [0.5, 0.6) is 17.2 Å². The molecule has 1 aromatic heterocycles. The summed E-state index contributed by atoms with van der Waals surface area (Å²) in [5.74, 6) is 0.636. The van der Waals surface area contributed by atoms with Crippen molar-refractivity contribution in [2.75, 3.05) is 32.6 Å². The van der Waals surface area contributed by atoms with E-state index in [4.69, 9.17) is 14.2 Å². The highest BCUT2D eigenvalue weighted by molar-refractivity contribution is 7.98. The van der Waals surface area contributed by atoms with Gasteiger partial charge in [0.2, 0.25) is 10.9 Å². The first-order chi connectivity index (χ1) is 14.5. The van der Waals surface area contributed by atoms with Gasteiger partial charge >= 0.3 is 0 Å². The summed E-state index contributed by atoms with van der Waals surface area (Å²) < 4.78 is 17.6. The predicted molar refractivity (Wildman–Crippen MR) is 110 cm³/mol. The van der Waals surface area contributed by atoms with Crippen molar-refractivity contribution in [3.63, 3.8) is 0 Å². The Morgan fingerprint density at radius 2 is 1.43 bits per heavy atom. The number of rotatable bonds is 6. The summed E-state index contributed by atoms with van der Waals surface area (Å²) >= 11 is 1.26. The largest absolute Gasteiger partial charge is 0.493 e. The molecular formula is C20H18N4O5S. The number of amides is 2. The molecule has 0 unspecified atom stereocenters. The van der Waals surface area contributed by atoms with E-state index in [1.807, 2.05) is 0 Å². The van der Waals surface area contributed by atoms with Crippen LogP contribution in [0.2, 0.25) is 0 Å². The van der Waals surface area contributed by atoms with Crippen molar-refractivity contribution in [2.24, 2.45) is 0 Å². The second-order valence-electron chi connectivity index (χ2n) is 6.20. The summed E-state index contributed by atoms with van der Waals surface area (Å²) in [6, 6.07) is 10.1. The molecule has 1 aliphatic rings. The van der Waals surface area contributed by atoms with Crippen LogP contribution in [0.1, 0.15) is 20.7 Å². The molecule has 9 nitrogen and oxygen atoms in total. The molecule has 2 aromatic carbocycles. The van der Waals surface area contributed by atoms with Gasteiger partial charge in [0.15, 0.2) is 17.3 Å². The van der Waals surface area contributed by atoms with E-state index in [9.17, 15) is 9.59 Å². The number of carbonyl (C=O) groups excluding carboxylic acids is 2. The molecule has 0 atom stereocenters. The van der Waals surface area contributed by atoms with Crippen LogP contribution >= 0.6 is 11.8 Å². The van der Waals surface area contributed by atoms with Gasteiger partial charge in [-0.05, 0) is 30.5 Å². The minimum Gasteiger partial charge on any atom is -0.493 e. The second-order valence-corrected chi connectivity index (χ2v) is 6.98. The van der Waals surface area contributed by atoms with E-state index >= 15 is 0 Å². The number of nitrogens with zero attached hydrogens (tertiary/aromatic N) is 4. The minimum atomic E-state index is -0.445. The fourth-order valence-electron chi connectivity index (χ4n) is 3.32. The molecule has 30 heavy (non-hydrogen) atoms. The van der Waals surface area contributed by atoms with Gasteiger partial charge in [-0.3, -0.25) is 9.59 Å². The molecule has 0 saturated carbocycles. The number of thioether (sulfide) groups is 1. The SMILES string of the molecule is COc1cc(-c2nnc(SC)n2N2C(=O)c3ccccc3C2=O)cc(OC)c1OC. The zero-order valence-corrected chi connectivity index (χ0v) is 17.5. The molecule has 1 aliphatic heterocycles. The summed E-state index contributed by atoms with van der Waals surface area (Å²) in [6.07, 6.45) is 1.79. The normalized spacial score (nSPS) is 12.9. The topological polar surface area (TPSA) is 95.8 Å². The average Bonchev–Trinajstić information content (AvgIpc) is 3.31. The summed E-state index contributed by atoms with van der Waals surface area (Å²) in [5.41, 5.74) is 1.20. The minimum absolute atomic E-state index is 0.285. The van der Waals surface area contributed by atoms with Gasteiger partial charge in [-0.1, -0.05) is 23.9 Å². The quantitative estimate of drug-likeness (QED) is 0.438. The number of benzene rings is 2. The average molecular weight is 426 g/mol. The maximum absolute atomic E-state index is 13.1. The molecule has 0 N–H and O–H groups in total. The van der Waals surface area contributed by atoms with Crippen LogP contribution in [-0.4, -0.2) is 54.3 Å². The van der Waals surface area contributed by atoms with Crippen molar-refractivity contribution in [3.05, 3.63) is 47.5 Å². The first-order valence-electron chi connectivity index (χ1n) is 8.83. The van der Waals surface area contributed by atoms with E-state index in [0.717, 1.165) is 5.01 Å². The number of aromatic nitrogens is 3. The van der Waals surface area contributed by atoms with Gasteiger partial charge in [-0.2, -0.15) is 9.69 Å². The number of hydrogen-bond donors (Lipinski definition) is 0. The van der Waals surface area contributed by atoms with Crippen molar-refractivity contribution in [2.45, 2.75) is 5.16 Å². The Kier molecular flexibility index (Phi) is 5.08. The molecule has 3 aromatic rings. The Bertz CT molecular complexity index is 1100. The maximum atomic E-state index is 13.1. The van der Waals surface area contributed by atoms with Crippen molar-refractivity contribution in [1.82, 2.24) is 14.9 Å². The molecule has 0 bridgehead atoms. The third-order valence-electron chi connectivity index (χ3n) is 4.69. The van der Waals surface area contributed by atoms with E-state index < -0.39 is 11.8 Å². The van der Waals surface area contributed by atoms with Crippen molar-refractivity contribution < 1.29 is 23.8 Å². The van der Waals surface area contributed by atoms with Gasteiger partial charge in [0, 0.05) is 5.56 Å². The fourth-order valence-corrected chi connectivity index (χ4v) is 3.78. The highest BCUT2D eigenvalue weighted by Crippen LogP contribution is 2.41. The number of carbonyl (C=O) groups is 2. The molecule has 0 spiro atoms. The Labute approximate surface area is 176 Å². The molecule has 0 radical (unpaired) electrons. The highest BCUT2D eigenvalue weighted by atomic mass is 32.2. The Balaban J connectivity index is 1.91. The van der Waals surface area contributed by atoms with Crippen LogP contribution in [0.25, 0.3) is 11.4 Å². The van der Waals surface area contributed by atoms with E-state index in [2.05, 4.69) is 10.2 Å². The van der Waals surface area contributed by atoms with Gasteiger partial charge in [0.1, 0.15) is 0 Å². The first-order valence-corrected chi connectivity index (χ1v) is 10.1. The number of ether oxygens (including phenoxy) is 3. The molecule has 4 rings (SSSR count). The van der Waals surface area contributed by atoms with Crippen LogP contribution in [0.4, 0.5) is 0 Å². The van der Waals surface area contributed by atoms with Gasteiger partial charge in [0.25, 0.3) is 11.8 Å². The van der Waals surface area contributed by atoms with Crippen LogP contribution in [0.15, 0.2) is 41.6 Å². The lowest BCUT2D eigenvalue weighted by Crippen LogP contribution is -2.40.